The Balaban J connectivity index is 1.96. The van der Waals surface area contributed by atoms with Gasteiger partial charge in [-0.05, 0) is 60.8 Å². The first-order chi connectivity index (χ1) is 8.99. The molecular formula is C17H27NO. The molecule has 0 amide bonds. The van der Waals surface area contributed by atoms with E-state index in [1.54, 1.807) is 12.1 Å². The molecule has 0 radical (unpaired) electrons. The van der Waals surface area contributed by atoms with Crippen LogP contribution in [0.4, 0.5) is 0 Å². The van der Waals surface area contributed by atoms with Gasteiger partial charge < -0.3 is 10.4 Å². The molecule has 0 bridgehead atoms. The second kappa shape index (κ2) is 5.96. The minimum atomic E-state index is 0.353. The van der Waals surface area contributed by atoms with Gasteiger partial charge in [-0.15, -0.1) is 0 Å². The molecule has 2 nitrogen and oxygen atoms in total. The Bertz CT molecular complexity index is 394. The van der Waals surface area contributed by atoms with Crippen LogP contribution in [0.15, 0.2) is 24.3 Å². The number of hydrogen-bond acceptors (Lipinski definition) is 2. The van der Waals surface area contributed by atoms with Crippen molar-refractivity contribution in [2.75, 3.05) is 13.1 Å². The maximum Gasteiger partial charge on any atom is 0.115 e. The normalized spacial score (nSPS) is 18.5. The zero-order chi connectivity index (χ0) is 13.9. The molecule has 2 rings (SSSR count). The lowest BCUT2D eigenvalue weighted by Gasteiger charge is -2.31. The third-order valence-corrected chi connectivity index (χ3v) is 4.19. The first-order valence-corrected chi connectivity index (χ1v) is 7.48. The van der Waals surface area contributed by atoms with Gasteiger partial charge in [0, 0.05) is 6.54 Å². The van der Waals surface area contributed by atoms with Gasteiger partial charge in [0.1, 0.15) is 5.75 Å². The van der Waals surface area contributed by atoms with E-state index >= 15 is 0 Å². The van der Waals surface area contributed by atoms with Crippen LogP contribution in [-0.4, -0.2) is 18.2 Å². The molecule has 1 aliphatic rings. The second-order valence-electron chi connectivity index (χ2n) is 6.80. The van der Waals surface area contributed by atoms with Crippen molar-refractivity contribution in [3.05, 3.63) is 29.8 Å². The largest absolute Gasteiger partial charge is 0.508 e. The maximum atomic E-state index is 9.37. The molecule has 0 spiro atoms. The van der Waals surface area contributed by atoms with E-state index in [9.17, 15) is 5.11 Å². The van der Waals surface area contributed by atoms with Gasteiger partial charge in [0.05, 0.1) is 0 Å². The number of benzene rings is 1. The average Bonchev–Trinajstić information content (AvgIpc) is 3.16. The van der Waals surface area contributed by atoms with E-state index in [1.807, 2.05) is 0 Å². The van der Waals surface area contributed by atoms with E-state index in [-0.39, 0.29) is 0 Å². The molecule has 1 fully saturated rings. The molecule has 2 heteroatoms. The zero-order valence-corrected chi connectivity index (χ0v) is 12.4. The minimum absolute atomic E-state index is 0.353. The quantitative estimate of drug-likeness (QED) is 0.786. The molecule has 1 atom stereocenters. The lowest BCUT2D eigenvalue weighted by molar-refractivity contribution is 0.252. The number of nitrogens with one attached hydrogen (secondary N) is 1. The summed E-state index contributed by atoms with van der Waals surface area (Å²) in [6, 6.07) is 7.70. The van der Waals surface area contributed by atoms with Crippen molar-refractivity contribution in [2.24, 2.45) is 17.3 Å². The van der Waals surface area contributed by atoms with Crippen LogP contribution < -0.4 is 5.32 Å². The van der Waals surface area contributed by atoms with Crippen LogP contribution in [0.3, 0.4) is 0 Å². The van der Waals surface area contributed by atoms with Gasteiger partial charge in [-0.25, -0.2) is 0 Å². The Kier molecular flexibility index (Phi) is 4.51. The van der Waals surface area contributed by atoms with Crippen LogP contribution in [0, 0.1) is 17.3 Å². The fourth-order valence-corrected chi connectivity index (χ4v) is 2.86. The number of phenols is 1. The minimum Gasteiger partial charge on any atom is -0.508 e. The Morgan fingerprint density at radius 2 is 1.89 bits per heavy atom. The lowest BCUT2D eigenvalue weighted by Crippen LogP contribution is -2.37. The maximum absolute atomic E-state index is 9.37. The third-order valence-electron chi connectivity index (χ3n) is 4.19. The summed E-state index contributed by atoms with van der Waals surface area (Å²) in [6.07, 6.45) is 3.85. The molecule has 106 valence electrons. The molecule has 1 aliphatic carbocycles. The summed E-state index contributed by atoms with van der Waals surface area (Å²) in [5.74, 6) is 1.92. The van der Waals surface area contributed by atoms with Crippen LogP contribution in [0.1, 0.15) is 39.2 Å². The SMILES string of the molecule is CC(C)CNCC(C)(Cc1ccc(O)cc1)C1CC1. The first kappa shape index (κ1) is 14.4. The van der Waals surface area contributed by atoms with Crippen molar-refractivity contribution in [3.8, 4) is 5.75 Å². The van der Waals surface area contributed by atoms with Gasteiger partial charge >= 0.3 is 0 Å². The predicted molar refractivity (Wildman–Crippen MR) is 80.3 cm³/mol. The number of rotatable bonds is 7. The lowest BCUT2D eigenvalue weighted by atomic mass is 9.78. The average molecular weight is 261 g/mol. The molecule has 0 aromatic heterocycles. The standard InChI is InChI=1S/C17H27NO/c1-13(2)11-18-12-17(3,15-6-7-15)10-14-4-8-16(19)9-5-14/h4-5,8-9,13,15,18-19H,6-7,10-12H2,1-3H3. The zero-order valence-electron chi connectivity index (χ0n) is 12.4. The van der Waals surface area contributed by atoms with Crippen LogP contribution in [0.5, 0.6) is 5.75 Å². The van der Waals surface area contributed by atoms with Gasteiger partial charge in [-0.1, -0.05) is 32.9 Å². The monoisotopic (exact) mass is 261 g/mol. The molecular weight excluding hydrogens is 234 g/mol. The van der Waals surface area contributed by atoms with Crippen molar-refractivity contribution in [1.29, 1.82) is 0 Å². The number of hydrogen-bond donors (Lipinski definition) is 2. The Labute approximate surface area is 117 Å². The van der Waals surface area contributed by atoms with Crippen molar-refractivity contribution < 1.29 is 5.11 Å². The van der Waals surface area contributed by atoms with E-state index in [1.165, 1.54) is 18.4 Å². The highest BCUT2D eigenvalue weighted by Crippen LogP contribution is 2.47. The molecule has 1 saturated carbocycles. The van der Waals surface area contributed by atoms with Gasteiger partial charge in [-0.3, -0.25) is 0 Å². The Morgan fingerprint density at radius 1 is 1.26 bits per heavy atom. The molecule has 1 aromatic carbocycles. The predicted octanol–water partition coefficient (Wildman–Crippen LogP) is 3.60. The summed E-state index contributed by atoms with van der Waals surface area (Å²) in [5.41, 5.74) is 1.69. The van der Waals surface area contributed by atoms with E-state index < -0.39 is 0 Å². The molecule has 2 N–H and O–H groups in total. The van der Waals surface area contributed by atoms with Crippen molar-refractivity contribution >= 4 is 0 Å². The van der Waals surface area contributed by atoms with E-state index in [2.05, 4.69) is 38.2 Å². The van der Waals surface area contributed by atoms with Crippen LogP contribution in [0.25, 0.3) is 0 Å². The van der Waals surface area contributed by atoms with Gasteiger partial charge in [-0.2, -0.15) is 0 Å². The summed E-state index contributed by atoms with van der Waals surface area (Å²) in [5, 5.41) is 13.0. The molecule has 0 heterocycles. The summed E-state index contributed by atoms with van der Waals surface area (Å²) >= 11 is 0. The third kappa shape index (κ3) is 4.24. The summed E-state index contributed by atoms with van der Waals surface area (Å²) in [4.78, 5) is 0. The first-order valence-electron chi connectivity index (χ1n) is 7.48. The number of aromatic hydroxyl groups is 1. The smallest absolute Gasteiger partial charge is 0.115 e. The summed E-state index contributed by atoms with van der Waals surface area (Å²) in [7, 11) is 0. The van der Waals surface area contributed by atoms with Gasteiger partial charge in [0.25, 0.3) is 0 Å². The Morgan fingerprint density at radius 3 is 2.42 bits per heavy atom. The summed E-state index contributed by atoms with van der Waals surface area (Å²) in [6.45, 7) is 9.10. The molecule has 1 aromatic rings. The molecule has 1 unspecified atom stereocenters. The van der Waals surface area contributed by atoms with Gasteiger partial charge in [0.15, 0.2) is 0 Å². The highest BCUT2D eigenvalue weighted by Gasteiger charge is 2.40. The molecule has 0 aliphatic heterocycles. The van der Waals surface area contributed by atoms with Crippen LogP contribution in [0.2, 0.25) is 0 Å². The van der Waals surface area contributed by atoms with E-state index in [4.69, 9.17) is 0 Å². The Hall–Kier alpha value is -1.02. The van der Waals surface area contributed by atoms with Crippen LogP contribution >= 0.6 is 0 Å². The highest BCUT2D eigenvalue weighted by molar-refractivity contribution is 5.27. The van der Waals surface area contributed by atoms with E-state index in [0.717, 1.165) is 25.4 Å². The molecule has 19 heavy (non-hydrogen) atoms. The van der Waals surface area contributed by atoms with Crippen molar-refractivity contribution in [1.82, 2.24) is 5.32 Å². The fourth-order valence-electron chi connectivity index (χ4n) is 2.86. The fraction of sp³-hybridized carbons (Fsp3) is 0.647. The number of phenolic OH excluding ortho intramolecular Hbond substituents is 1. The molecule has 0 saturated heterocycles. The highest BCUT2D eigenvalue weighted by atomic mass is 16.3. The second-order valence-corrected chi connectivity index (χ2v) is 6.80. The van der Waals surface area contributed by atoms with Crippen molar-refractivity contribution in [2.45, 2.75) is 40.0 Å². The van der Waals surface area contributed by atoms with E-state index in [0.29, 0.717) is 17.1 Å². The van der Waals surface area contributed by atoms with Crippen LogP contribution in [-0.2, 0) is 6.42 Å². The topological polar surface area (TPSA) is 32.3 Å². The summed E-state index contributed by atoms with van der Waals surface area (Å²) < 4.78 is 0. The van der Waals surface area contributed by atoms with Crippen molar-refractivity contribution in [3.63, 3.8) is 0 Å². The van der Waals surface area contributed by atoms with Gasteiger partial charge in [0.2, 0.25) is 0 Å².